The van der Waals surface area contributed by atoms with Crippen LogP contribution in [0.1, 0.15) is 22.3 Å². The van der Waals surface area contributed by atoms with E-state index in [1.165, 1.54) is 11.6 Å². The van der Waals surface area contributed by atoms with Crippen molar-refractivity contribution in [2.24, 2.45) is 0 Å². The second-order valence-corrected chi connectivity index (χ2v) is 5.46. The molecule has 1 heterocycles. The van der Waals surface area contributed by atoms with Gasteiger partial charge >= 0.3 is 0 Å². The number of rotatable bonds is 3. The molecule has 2 aromatic rings. The van der Waals surface area contributed by atoms with Crippen LogP contribution in [0.2, 0.25) is 0 Å². The molecule has 2 amide bonds. The first-order chi connectivity index (χ1) is 11.2. The molecule has 0 radical (unpaired) electrons. The normalized spacial score (nSPS) is 13.1. The number of carbonyl (C=O) groups is 2. The number of hydrogen-bond donors (Lipinski definition) is 1. The second-order valence-electron chi connectivity index (χ2n) is 5.46. The lowest BCUT2D eigenvalue weighted by atomic mass is 10.0. The van der Waals surface area contributed by atoms with Crippen molar-refractivity contribution >= 4 is 23.2 Å². The zero-order chi connectivity index (χ0) is 16.2. The Labute approximate surface area is 135 Å². The summed E-state index contributed by atoms with van der Waals surface area (Å²) in [7, 11) is 0. The summed E-state index contributed by atoms with van der Waals surface area (Å²) in [6.45, 7) is 4.14. The van der Waals surface area contributed by atoms with Gasteiger partial charge in [0, 0.05) is 23.5 Å². The highest BCUT2D eigenvalue weighted by Crippen LogP contribution is 2.28. The number of anilines is 2. The van der Waals surface area contributed by atoms with Crippen LogP contribution in [0.3, 0.4) is 0 Å². The van der Waals surface area contributed by atoms with E-state index in [2.05, 4.69) is 18.0 Å². The third-order valence-corrected chi connectivity index (χ3v) is 3.94. The molecular formula is C19H18N2O2. The fourth-order valence-electron chi connectivity index (χ4n) is 2.79. The van der Waals surface area contributed by atoms with Crippen LogP contribution in [0.4, 0.5) is 11.4 Å². The molecular weight excluding hydrogens is 288 g/mol. The summed E-state index contributed by atoms with van der Waals surface area (Å²) < 4.78 is 0. The Morgan fingerprint density at radius 3 is 2.57 bits per heavy atom. The van der Waals surface area contributed by atoms with Gasteiger partial charge in [-0.05, 0) is 54.8 Å². The minimum absolute atomic E-state index is 0.0150. The molecule has 0 unspecified atom stereocenters. The van der Waals surface area contributed by atoms with Crippen molar-refractivity contribution in [3.63, 3.8) is 0 Å². The third kappa shape index (κ3) is 3.16. The Morgan fingerprint density at radius 2 is 1.83 bits per heavy atom. The molecule has 3 rings (SSSR count). The predicted octanol–water partition coefficient (Wildman–Crippen LogP) is 3.40. The number of benzene rings is 2. The molecule has 0 spiro atoms. The van der Waals surface area contributed by atoms with E-state index in [-0.39, 0.29) is 11.8 Å². The highest BCUT2D eigenvalue weighted by atomic mass is 16.2. The molecule has 4 nitrogen and oxygen atoms in total. The van der Waals surface area contributed by atoms with Crippen molar-refractivity contribution in [2.75, 3.05) is 16.8 Å². The molecule has 0 fully saturated rings. The van der Waals surface area contributed by atoms with Crippen LogP contribution < -0.4 is 10.2 Å². The number of hydrogen-bond acceptors (Lipinski definition) is 2. The summed E-state index contributed by atoms with van der Waals surface area (Å²) in [6.07, 6.45) is 3.19. The first-order valence-corrected chi connectivity index (χ1v) is 7.62. The number of fused-ring (bicyclic) bond motifs is 1. The van der Waals surface area contributed by atoms with E-state index in [1.54, 1.807) is 24.3 Å². The van der Waals surface area contributed by atoms with Crippen molar-refractivity contribution in [2.45, 2.75) is 12.8 Å². The largest absolute Gasteiger partial charge is 0.323 e. The van der Waals surface area contributed by atoms with Gasteiger partial charge in [-0.2, -0.15) is 0 Å². The Kier molecular flexibility index (Phi) is 4.24. The average molecular weight is 306 g/mol. The number of carbonyl (C=O) groups excluding carboxylic acids is 2. The van der Waals surface area contributed by atoms with Crippen LogP contribution in [-0.2, 0) is 11.2 Å². The molecule has 0 bridgehead atoms. The van der Waals surface area contributed by atoms with Gasteiger partial charge in [0.25, 0.3) is 5.91 Å². The minimum Gasteiger partial charge on any atom is -0.323 e. The maximum absolute atomic E-state index is 12.8. The number of aryl methyl sites for hydroxylation is 1. The van der Waals surface area contributed by atoms with Crippen LogP contribution in [0.15, 0.2) is 61.2 Å². The maximum Gasteiger partial charge on any atom is 0.258 e. The van der Waals surface area contributed by atoms with Gasteiger partial charge in [0.1, 0.15) is 0 Å². The number of para-hydroxylation sites is 1. The summed E-state index contributed by atoms with van der Waals surface area (Å²) in [5, 5.41) is 2.67. The van der Waals surface area contributed by atoms with E-state index >= 15 is 0 Å². The molecule has 1 aliphatic rings. The van der Waals surface area contributed by atoms with Crippen LogP contribution in [0.5, 0.6) is 0 Å². The topological polar surface area (TPSA) is 49.4 Å². The van der Waals surface area contributed by atoms with Crippen LogP contribution in [-0.4, -0.2) is 18.4 Å². The summed E-state index contributed by atoms with van der Waals surface area (Å²) in [5.41, 5.74) is 3.46. The van der Waals surface area contributed by atoms with Gasteiger partial charge < -0.3 is 10.2 Å². The number of nitrogens with zero attached hydrogens (tertiary/aromatic N) is 1. The molecule has 0 atom stereocenters. The Morgan fingerprint density at radius 1 is 1.09 bits per heavy atom. The summed E-state index contributed by atoms with van der Waals surface area (Å²) in [6, 6.07) is 14.9. The Hall–Kier alpha value is -2.88. The van der Waals surface area contributed by atoms with Gasteiger partial charge in [0.05, 0.1) is 0 Å². The molecule has 1 aliphatic heterocycles. The molecule has 0 saturated heterocycles. The van der Waals surface area contributed by atoms with Gasteiger partial charge in [0.15, 0.2) is 0 Å². The van der Waals surface area contributed by atoms with Crippen molar-refractivity contribution in [3.8, 4) is 0 Å². The number of amides is 2. The second kappa shape index (κ2) is 6.48. The minimum atomic E-state index is -0.269. The van der Waals surface area contributed by atoms with E-state index in [9.17, 15) is 9.59 Å². The first-order valence-electron chi connectivity index (χ1n) is 7.62. The Bertz CT molecular complexity index is 750. The highest BCUT2D eigenvalue weighted by Gasteiger charge is 2.23. The molecule has 116 valence electrons. The fraction of sp³-hybridized carbons (Fsp3) is 0.158. The summed E-state index contributed by atoms with van der Waals surface area (Å²) >= 11 is 0. The summed E-state index contributed by atoms with van der Waals surface area (Å²) in [5.74, 6) is -0.284. The molecule has 2 aromatic carbocycles. The lowest BCUT2D eigenvalue weighted by Crippen LogP contribution is -2.35. The molecule has 0 saturated carbocycles. The van der Waals surface area contributed by atoms with Crippen molar-refractivity contribution in [1.29, 1.82) is 0 Å². The maximum atomic E-state index is 12.8. The predicted molar refractivity (Wildman–Crippen MR) is 91.7 cm³/mol. The van der Waals surface area contributed by atoms with Crippen LogP contribution >= 0.6 is 0 Å². The van der Waals surface area contributed by atoms with Gasteiger partial charge in [-0.3, -0.25) is 9.59 Å². The van der Waals surface area contributed by atoms with E-state index in [4.69, 9.17) is 0 Å². The average Bonchev–Trinajstić information content (AvgIpc) is 2.61. The Balaban J connectivity index is 1.81. The van der Waals surface area contributed by atoms with Crippen LogP contribution in [0.25, 0.3) is 0 Å². The van der Waals surface area contributed by atoms with Gasteiger partial charge in [0.2, 0.25) is 5.91 Å². The van der Waals surface area contributed by atoms with E-state index in [0.29, 0.717) is 11.3 Å². The van der Waals surface area contributed by atoms with Gasteiger partial charge in [-0.15, -0.1) is 0 Å². The molecule has 4 heteroatoms. The lowest BCUT2D eigenvalue weighted by molar-refractivity contribution is -0.111. The molecule has 1 N–H and O–H groups in total. The molecule has 23 heavy (non-hydrogen) atoms. The van der Waals surface area contributed by atoms with Crippen molar-refractivity contribution < 1.29 is 9.59 Å². The highest BCUT2D eigenvalue weighted by molar-refractivity contribution is 6.07. The summed E-state index contributed by atoms with van der Waals surface area (Å²) in [4.78, 5) is 25.9. The zero-order valence-corrected chi connectivity index (χ0v) is 12.8. The van der Waals surface area contributed by atoms with Gasteiger partial charge in [-0.1, -0.05) is 24.8 Å². The van der Waals surface area contributed by atoms with Crippen molar-refractivity contribution in [3.05, 3.63) is 72.3 Å². The zero-order valence-electron chi connectivity index (χ0n) is 12.8. The van der Waals surface area contributed by atoms with Crippen molar-refractivity contribution in [1.82, 2.24) is 0 Å². The van der Waals surface area contributed by atoms with E-state index in [1.807, 2.05) is 23.1 Å². The monoisotopic (exact) mass is 306 g/mol. The van der Waals surface area contributed by atoms with Crippen LogP contribution in [0, 0.1) is 0 Å². The third-order valence-electron chi connectivity index (χ3n) is 3.94. The van der Waals surface area contributed by atoms with Gasteiger partial charge in [-0.25, -0.2) is 0 Å². The quantitative estimate of drug-likeness (QED) is 0.884. The lowest BCUT2D eigenvalue weighted by Gasteiger charge is -2.29. The van der Waals surface area contributed by atoms with E-state index in [0.717, 1.165) is 25.1 Å². The fourth-order valence-corrected chi connectivity index (χ4v) is 2.79. The van der Waals surface area contributed by atoms with E-state index < -0.39 is 0 Å². The molecule has 0 aliphatic carbocycles. The standard InChI is InChI=1S/C19H18N2O2/c1-2-18(22)20-16-11-9-15(10-12-16)19(23)21-13-5-7-14-6-3-4-8-17(14)21/h2-4,6,8-12H,1,5,7,13H2,(H,20,22). The number of nitrogens with one attached hydrogen (secondary N) is 1. The first kappa shape index (κ1) is 15.0. The smallest absolute Gasteiger partial charge is 0.258 e. The molecule has 0 aromatic heterocycles. The SMILES string of the molecule is C=CC(=O)Nc1ccc(C(=O)N2CCCc3ccccc32)cc1.